The van der Waals surface area contributed by atoms with Crippen LogP contribution in [0.25, 0.3) is 0 Å². The SMILES string of the molecule is CCCCNC(=O)NCC[NH+]1CCN(c2nc(Cc3ccc(F)cc3)ns2)CC1. The second kappa shape index (κ2) is 11.1. The number of rotatable bonds is 9. The third-order valence-electron chi connectivity index (χ3n) is 5.05. The summed E-state index contributed by atoms with van der Waals surface area (Å²) < 4.78 is 17.5. The summed E-state index contributed by atoms with van der Waals surface area (Å²) in [4.78, 5) is 20.1. The molecule has 1 aromatic carbocycles. The van der Waals surface area contributed by atoms with Crippen molar-refractivity contribution in [1.82, 2.24) is 20.0 Å². The molecule has 0 unspecified atom stereocenters. The number of amides is 2. The van der Waals surface area contributed by atoms with E-state index >= 15 is 0 Å². The van der Waals surface area contributed by atoms with Gasteiger partial charge in [-0.15, -0.1) is 0 Å². The van der Waals surface area contributed by atoms with E-state index in [9.17, 15) is 9.18 Å². The van der Waals surface area contributed by atoms with E-state index in [1.165, 1.54) is 28.6 Å². The minimum absolute atomic E-state index is 0.0703. The van der Waals surface area contributed by atoms with Gasteiger partial charge in [0.1, 0.15) is 11.6 Å². The molecule has 9 heteroatoms. The van der Waals surface area contributed by atoms with E-state index in [4.69, 9.17) is 0 Å². The second-order valence-corrected chi connectivity index (χ2v) is 8.05. The average Bonchev–Trinajstić information content (AvgIpc) is 3.19. The molecule has 3 N–H and O–H groups in total. The van der Waals surface area contributed by atoms with Crippen molar-refractivity contribution in [2.24, 2.45) is 0 Å². The molecule has 0 saturated carbocycles. The minimum atomic E-state index is -0.228. The number of urea groups is 1. The van der Waals surface area contributed by atoms with Crippen LogP contribution in [0.5, 0.6) is 0 Å². The number of benzene rings is 1. The summed E-state index contributed by atoms with van der Waals surface area (Å²) in [5.74, 6) is 0.554. The van der Waals surface area contributed by atoms with Crippen molar-refractivity contribution >= 4 is 22.7 Å². The van der Waals surface area contributed by atoms with Gasteiger partial charge in [0, 0.05) is 24.5 Å². The number of halogens is 1. The Morgan fingerprint density at radius 2 is 1.93 bits per heavy atom. The Balaban J connectivity index is 1.37. The van der Waals surface area contributed by atoms with Gasteiger partial charge in [-0.3, -0.25) is 0 Å². The van der Waals surface area contributed by atoms with Crippen LogP contribution in [-0.4, -0.2) is 61.2 Å². The van der Waals surface area contributed by atoms with Crippen LogP contribution in [0.4, 0.5) is 14.3 Å². The van der Waals surface area contributed by atoms with Gasteiger partial charge in [-0.1, -0.05) is 25.5 Å². The number of quaternary nitrogens is 1. The molecule has 0 spiro atoms. The minimum Gasteiger partial charge on any atom is -0.338 e. The van der Waals surface area contributed by atoms with Gasteiger partial charge in [0.05, 0.1) is 39.3 Å². The van der Waals surface area contributed by atoms with Crippen molar-refractivity contribution in [1.29, 1.82) is 0 Å². The van der Waals surface area contributed by atoms with Crippen LogP contribution in [0, 0.1) is 5.82 Å². The normalized spacial score (nSPS) is 14.8. The number of hydrogen-bond acceptors (Lipinski definition) is 5. The van der Waals surface area contributed by atoms with E-state index < -0.39 is 0 Å². The highest BCUT2D eigenvalue weighted by Crippen LogP contribution is 2.19. The number of nitrogens with zero attached hydrogens (tertiary/aromatic N) is 3. The third-order valence-corrected chi connectivity index (χ3v) is 5.87. The number of unbranched alkanes of at least 4 members (excludes halogenated alkanes) is 1. The molecule has 1 aromatic heterocycles. The highest BCUT2D eigenvalue weighted by Gasteiger charge is 2.22. The van der Waals surface area contributed by atoms with E-state index in [-0.39, 0.29) is 11.8 Å². The molecule has 0 aliphatic carbocycles. The molecular weight excluding hydrogens is 391 g/mol. The molecule has 0 radical (unpaired) electrons. The Bertz CT molecular complexity index is 761. The monoisotopic (exact) mass is 421 g/mol. The number of hydrogen-bond donors (Lipinski definition) is 3. The second-order valence-electron chi connectivity index (χ2n) is 7.32. The van der Waals surface area contributed by atoms with Gasteiger partial charge in [0.15, 0.2) is 0 Å². The fourth-order valence-corrected chi connectivity index (χ4v) is 4.02. The van der Waals surface area contributed by atoms with Crippen molar-refractivity contribution < 1.29 is 14.1 Å². The quantitative estimate of drug-likeness (QED) is 0.530. The van der Waals surface area contributed by atoms with Crippen molar-refractivity contribution in [2.45, 2.75) is 26.2 Å². The predicted molar refractivity (Wildman–Crippen MR) is 113 cm³/mol. The standard InChI is InChI=1S/C20H29FN6OS/c1-2-3-8-22-19(28)23-9-10-26-11-13-27(14-12-26)20-24-18(25-29-20)15-16-4-6-17(21)7-5-16/h4-7H,2-3,8-15H2,1H3,(H2,22,23,28)/p+1. The smallest absolute Gasteiger partial charge is 0.314 e. The third kappa shape index (κ3) is 6.93. The highest BCUT2D eigenvalue weighted by molar-refractivity contribution is 7.09. The van der Waals surface area contributed by atoms with E-state index in [1.54, 1.807) is 12.1 Å². The lowest BCUT2D eigenvalue weighted by molar-refractivity contribution is -0.899. The van der Waals surface area contributed by atoms with Gasteiger partial charge in [0.25, 0.3) is 0 Å². The first-order valence-electron chi connectivity index (χ1n) is 10.3. The van der Waals surface area contributed by atoms with Crippen LogP contribution in [0.3, 0.4) is 0 Å². The number of carbonyl (C=O) groups excluding carboxylic acids is 1. The number of piperazine rings is 1. The van der Waals surface area contributed by atoms with Gasteiger partial charge >= 0.3 is 6.03 Å². The summed E-state index contributed by atoms with van der Waals surface area (Å²) in [5, 5.41) is 6.76. The summed E-state index contributed by atoms with van der Waals surface area (Å²) >= 11 is 1.43. The first-order valence-corrected chi connectivity index (χ1v) is 11.1. The predicted octanol–water partition coefficient (Wildman–Crippen LogP) is 1.07. The van der Waals surface area contributed by atoms with Crippen molar-refractivity contribution in [2.75, 3.05) is 50.7 Å². The topological polar surface area (TPSA) is 74.6 Å². The summed E-state index contributed by atoms with van der Waals surface area (Å²) in [5.41, 5.74) is 1.01. The van der Waals surface area contributed by atoms with Crippen LogP contribution < -0.4 is 20.4 Å². The maximum atomic E-state index is 13.0. The van der Waals surface area contributed by atoms with Gasteiger partial charge in [0.2, 0.25) is 5.13 Å². The molecule has 1 aliphatic heterocycles. The maximum absolute atomic E-state index is 13.0. The Labute approximate surface area is 175 Å². The molecule has 2 amide bonds. The van der Waals surface area contributed by atoms with E-state index in [0.29, 0.717) is 13.0 Å². The van der Waals surface area contributed by atoms with Gasteiger partial charge in [-0.25, -0.2) is 14.2 Å². The van der Waals surface area contributed by atoms with Crippen LogP contribution in [0.2, 0.25) is 0 Å². The number of aromatic nitrogens is 2. The van der Waals surface area contributed by atoms with Crippen LogP contribution in [0.1, 0.15) is 31.2 Å². The summed E-state index contributed by atoms with van der Waals surface area (Å²) in [6.45, 7) is 8.37. The molecule has 1 saturated heterocycles. The lowest BCUT2D eigenvalue weighted by Gasteiger charge is -2.31. The molecule has 2 aromatic rings. The first-order chi connectivity index (χ1) is 14.1. The molecule has 2 heterocycles. The Morgan fingerprint density at radius 1 is 1.21 bits per heavy atom. The Hall–Kier alpha value is -2.26. The zero-order valence-corrected chi connectivity index (χ0v) is 17.7. The largest absolute Gasteiger partial charge is 0.338 e. The van der Waals surface area contributed by atoms with E-state index in [0.717, 1.165) is 68.6 Å². The van der Waals surface area contributed by atoms with Crippen LogP contribution in [-0.2, 0) is 6.42 Å². The zero-order chi connectivity index (χ0) is 20.5. The van der Waals surface area contributed by atoms with Crippen molar-refractivity contribution in [3.8, 4) is 0 Å². The number of nitrogens with one attached hydrogen (secondary N) is 3. The molecule has 158 valence electrons. The molecule has 0 bridgehead atoms. The lowest BCUT2D eigenvalue weighted by Crippen LogP contribution is -3.15. The number of anilines is 1. The summed E-state index contributed by atoms with van der Waals surface area (Å²) in [6, 6.07) is 6.41. The number of carbonyl (C=O) groups is 1. The molecule has 1 fully saturated rings. The van der Waals surface area contributed by atoms with Crippen molar-refractivity contribution in [3.63, 3.8) is 0 Å². The zero-order valence-electron chi connectivity index (χ0n) is 16.9. The fraction of sp³-hybridized carbons (Fsp3) is 0.550. The molecule has 1 aliphatic rings. The molecule has 3 rings (SSSR count). The molecule has 7 nitrogen and oxygen atoms in total. The Morgan fingerprint density at radius 3 is 2.66 bits per heavy atom. The average molecular weight is 422 g/mol. The first kappa shape index (κ1) is 21.4. The molecule has 29 heavy (non-hydrogen) atoms. The van der Waals surface area contributed by atoms with E-state index in [1.807, 2.05) is 0 Å². The molecular formula is C20H30FN6OS+. The van der Waals surface area contributed by atoms with Crippen LogP contribution in [0.15, 0.2) is 24.3 Å². The Kier molecular flexibility index (Phi) is 8.18. The van der Waals surface area contributed by atoms with Gasteiger partial charge < -0.3 is 20.4 Å². The van der Waals surface area contributed by atoms with Crippen LogP contribution >= 0.6 is 11.5 Å². The van der Waals surface area contributed by atoms with E-state index in [2.05, 4.69) is 31.8 Å². The summed E-state index contributed by atoms with van der Waals surface area (Å²) in [7, 11) is 0. The lowest BCUT2D eigenvalue weighted by atomic mass is 10.1. The fourth-order valence-electron chi connectivity index (χ4n) is 3.29. The highest BCUT2D eigenvalue weighted by atomic mass is 32.1. The van der Waals surface area contributed by atoms with Gasteiger partial charge in [-0.05, 0) is 24.1 Å². The molecule has 0 atom stereocenters. The summed E-state index contributed by atoms with van der Waals surface area (Å²) in [6.07, 6.45) is 2.71. The van der Waals surface area contributed by atoms with Gasteiger partial charge in [-0.2, -0.15) is 4.37 Å². The van der Waals surface area contributed by atoms with Crippen molar-refractivity contribution in [3.05, 3.63) is 41.5 Å². The maximum Gasteiger partial charge on any atom is 0.314 e.